The number of hydrogen-bond donors (Lipinski definition) is 1. The molecular formula is C26H29ClN2O5S. The number of benzene rings is 3. The highest BCUT2D eigenvalue weighted by atomic mass is 35.5. The first-order valence-electron chi connectivity index (χ1n) is 11.2. The van der Waals surface area contributed by atoms with Crippen LogP contribution in [0.2, 0.25) is 5.02 Å². The van der Waals surface area contributed by atoms with Crippen LogP contribution < -0.4 is 19.1 Å². The summed E-state index contributed by atoms with van der Waals surface area (Å²) in [5.74, 6) is 0.487. The predicted octanol–water partition coefficient (Wildman–Crippen LogP) is 4.69. The lowest BCUT2D eigenvalue weighted by Gasteiger charge is -2.25. The largest absolute Gasteiger partial charge is 0.495 e. The van der Waals surface area contributed by atoms with Crippen molar-refractivity contribution >= 4 is 33.2 Å². The predicted molar refractivity (Wildman–Crippen MR) is 138 cm³/mol. The van der Waals surface area contributed by atoms with Crippen molar-refractivity contribution in [3.8, 4) is 11.5 Å². The smallest absolute Gasteiger partial charge is 0.264 e. The van der Waals surface area contributed by atoms with E-state index in [2.05, 4.69) is 12.2 Å². The second-order valence-electron chi connectivity index (χ2n) is 7.73. The van der Waals surface area contributed by atoms with Crippen molar-refractivity contribution in [2.45, 2.75) is 24.7 Å². The molecule has 9 heteroatoms. The van der Waals surface area contributed by atoms with Gasteiger partial charge in [0.25, 0.3) is 10.0 Å². The lowest BCUT2D eigenvalue weighted by atomic mass is 10.1. The van der Waals surface area contributed by atoms with E-state index in [1.165, 1.54) is 30.9 Å². The number of anilines is 1. The first-order chi connectivity index (χ1) is 16.8. The van der Waals surface area contributed by atoms with Crippen LogP contribution >= 0.6 is 11.6 Å². The molecule has 0 fully saturated rings. The number of ether oxygens (including phenoxy) is 2. The number of rotatable bonds is 12. The Balaban J connectivity index is 1.71. The highest BCUT2D eigenvalue weighted by Gasteiger charge is 2.29. The number of sulfonamides is 1. The van der Waals surface area contributed by atoms with Gasteiger partial charge in [-0.1, -0.05) is 55.3 Å². The third-order valence-electron chi connectivity index (χ3n) is 5.18. The van der Waals surface area contributed by atoms with Crippen LogP contribution in [0.25, 0.3) is 0 Å². The van der Waals surface area contributed by atoms with Crippen molar-refractivity contribution in [1.82, 2.24) is 5.32 Å². The van der Waals surface area contributed by atoms with E-state index in [9.17, 15) is 13.2 Å². The van der Waals surface area contributed by atoms with E-state index in [0.717, 1.165) is 17.1 Å². The van der Waals surface area contributed by atoms with Crippen LogP contribution in [0.3, 0.4) is 0 Å². The quantitative estimate of drug-likeness (QED) is 0.353. The Bertz CT molecular complexity index is 1220. The summed E-state index contributed by atoms with van der Waals surface area (Å²) >= 11 is 6.14. The summed E-state index contributed by atoms with van der Waals surface area (Å²) in [5, 5.41) is 3.03. The SMILES string of the molecule is CCCc1ccc(OCCNC(=O)CN(c2cc(Cl)ccc2OC)S(=O)(=O)c2ccccc2)cc1. The maximum atomic E-state index is 13.5. The summed E-state index contributed by atoms with van der Waals surface area (Å²) in [5.41, 5.74) is 1.41. The molecule has 7 nitrogen and oxygen atoms in total. The molecular weight excluding hydrogens is 488 g/mol. The van der Waals surface area contributed by atoms with Gasteiger partial charge in [-0.25, -0.2) is 8.42 Å². The van der Waals surface area contributed by atoms with Crippen LogP contribution in [0.5, 0.6) is 11.5 Å². The second kappa shape index (κ2) is 12.5. The molecule has 0 unspecified atom stereocenters. The van der Waals surface area contributed by atoms with Gasteiger partial charge < -0.3 is 14.8 Å². The minimum absolute atomic E-state index is 0.0460. The van der Waals surface area contributed by atoms with Gasteiger partial charge in [-0.05, 0) is 54.4 Å². The van der Waals surface area contributed by atoms with Gasteiger partial charge >= 0.3 is 0 Å². The van der Waals surface area contributed by atoms with Crippen LogP contribution in [0.1, 0.15) is 18.9 Å². The lowest BCUT2D eigenvalue weighted by Crippen LogP contribution is -2.42. The molecule has 0 heterocycles. The number of halogens is 1. The molecule has 186 valence electrons. The fourth-order valence-electron chi connectivity index (χ4n) is 3.46. The van der Waals surface area contributed by atoms with E-state index >= 15 is 0 Å². The van der Waals surface area contributed by atoms with Gasteiger partial charge in [0.15, 0.2) is 0 Å². The molecule has 0 aromatic heterocycles. The molecule has 0 saturated heterocycles. The monoisotopic (exact) mass is 516 g/mol. The Kier molecular flexibility index (Phi) is 9.39. The molecule has 0 atom stereocenters. The van der Waals surface area contributed by atoms with Crippen molar-refractivity contribution in [2.24, 2.45) is 0 Å². The minimum Gasteiger partial charge on any atom is -0.495 e. The Morgan fingerprint density at radius 2 is 1.74 bits per heavy atom. The number of nitrogens with one attached hydrogen (secondary N) is 1. The maximum absolute atomic E-state index is 13.5. The topological polar surface area (TPSA) is 84.9 Å². The van der Waals surface area contributed by atoms with Crippen molar-refractivity contribution < 1.29 is 22.7 Å². The number of aryl methyl sites for hydroxylation is 1. The van der Waals surface area contributed by atoms with Crippen molar-refractivity contribution in [3.63, 3.8) is 0 Å². The molecule has 0 radical (unpaired) electrons. The molecule has 0 spiro atoms. The van der Waals surface area contributed by atoms with E-state index < -0.39 is 22.5 Å². The fourth-order valence-corrected chi connectivity index (χ4v) is 5.07. The first-order valence-corrected chi connectivity index (χ1v) is 13.1. The van der Waals surface area contributed by atoms with E-state index in [1.54, 1.807) is 30.3 Å². The van der Waals surface area contributed by atoms with Crippen molar-refractivity contribution in [3.05, 3.63) is 83.4 Å². The first kappa shape index (κ1) is 26.4. The van der Waals surface area contributed by atoms with Crippen LogP contribution in [-0.4, -0.2) is 41.1 Å². The molecule has 3 rings (SSSR count). The number of carbonyl (C=O) groups is 1. The zero-order valence-electron chi connectivity index (χ0n) is 19.7. The van der Waals surface area contributed by atoms with Gasteiger partial charge in [-0.2, -0.15) is 0 Å². The summed E-state index contributed by atoms with van der Waals surface area (Å²) in [6, 6.07) is 20.3. The van der Waals surface area contributed by atoms with Crippen molar-refractivity contribution in [1.29, 1.82) is 0 Å². The molecule has 0 saturated carbocycles. The second-order valence-corrected chi connectivity index (χ2v) is 10.0. The van der Waals surface area contributed by atoms with E-state index in [1.807, 2.05) is 24.3 Å². The third kappa shape index (κ3) is 7.13. The highest BCUT2D eigenvalue weighted by molar-refractivity contribution is 7.92. The molecule has 0 aliphatic carbocycles. The molecule has 1 amide bonds. The zero-order chi connectivity index (χ0) is 25.3. The number of carbonyl (C=O) groups excluding carboxylic acids is 1. The molecule has 3 aromatic rings. The fraction of sp³-hybridized carbons (Fsp3) is 0.269. The molecule has 1 N–H and O–H groups in total. The Morgan fingerprint density at radius 1 is 1.03 bits per heavy atom. The Morgan fingerprint density at radius 3 is 2.40 bits per heavy atom. The molecule has 35 heavy (non-hydrogen) atoms. The lowest BCUT2D eigenvalue weighted by molar-refractivity contribution is -0.119. The third-order valence-corrected chi connectivity index (χ3v) is 7.19. The zero-order valence-corrected chi connectivity index (χ0v) is 21.3. The number of methoxy groups -OCH3 is 1. The van der Waals surface area contributed by atoms with Crippen LogP contribution in [0.4, 0.5) is 5.69 Å². The molecule has 3 aromatic carbocycles. The highest BCUT2D eigenvalue weighted by Crippen LogP contribution is 2.34. The summed E-state index contributed by atoms with van der Waals surface area (Å²) < 4.78 is 38.9. The normalized spacial score (nSPS) is 11.1. The Hall–Kier alpha value is -3.23. The van der Waals surface area contributed by atoms with Crippen LogP contribution in [0.15, 0.2) is 77.7 Å². The number of nitrogens with zero attached hydrogens (tertiary/aromatic N) is 1. The standard InChI is InChI=1S/C26H29ClN2O5S/c1-3-7-20-10-13-22(14-11-20)34-17-16-28-26(30)19-29(24-18-21(27)12-15-25(24)33-2)35(31,32)23-8-5-4-6-9-23/h4-6,8-15,18H,3,7,16-17,19H2,1-2H3,(H,28,30). The molecule has 0 aliphatic rings. The van der Waals surface area contributed by atoms with Gasteiger partial charge in [-0.3, -0.25) is 9.10 Å². The average molecular weight is 517 g/mol. The summed E-state index contributed by atoms with van der Waals surface area (Å²) in [4.78, 5) is 12.8. The minimum atomic E-state index is -4.08. The van der Waals surface area contributed by atoms with Crippen LogP contribution in [-0.2, 0) is 21.2 Å². The Labute approximate surface area is 211 Å². The summed E-state index contributed by atoms with van der Waals surface area (Å²) in [6.07, 6.45) is 2.08. The van der Waals surface area contributed by atoms with Gasteiger partial charge in [-0.15, -0.1) is 0 Å². The van der Waals surface area contributed by atoms with E-state index in [0.29, 0.717) is 10.8 Å². The average Bonchev–Trinajstić information content (AvgIpc) is 2.86. The maximum Gasteiger partial charge on any atom is 0.264 e. The van der Waals surface area contributed by atoms with Gasteiger partial charge in [0.05, 0.1) is 24.2 Å². The van der Waals surface area contributed by atoms with Crippen molar-refractivity contribution in [2.75, 3.05) is 31.1 Å². The molecule has 0 aliphatic heterocycles. The summed E-state index contributed by atoms with van der Waals surface area (Å²) in [6.45, 7) is 2.12. The summed E-state index contributed by atoms with van der Waals surface area (Å²) in [7, 11) is -2.66. The van der Waals surface area contributed by atoms with Gasteiger partial charge in [0, 0.05) is 5.02 Å². The number of hydrogen-bond acceptors (Lipinski definition) is 5. The van der Waals surface area contributed by atoms with Gasteiger partial charge in [0.2, 0.25) is 5.91 Å². The number of amides is 1. The van der Waals surface area contributed by atoms with E-state index in [-0.39, 0.29) is 29.5 Å². The van der Waals surface area contributed by atoms with Gasteiger partial charge in [0.1, 0.15) is 24.7 Å². The molecule has 0 bridgehead atoms. The van der Waals surface area contributed by atoms with E-state index in [4.69, 9.17) is 21.1 Å². The van der Waals surface area contributed by atoms with Crippen LogP contribution in [0, 0.1) is 0 Å².